The second kappa shape index (κ2) is 12.5. The van der Waals surface area contributed by atoms with Gasteiger partial charge in [0.2, 0.25) is 0 Å². The second-order valence-electron chi connectivity index (χ2n) is 16.8. The van der Waals surface area contributed by atoms with E-state index in [1.54, 1.807) is 0 Å². The Morgan fingerprint density at radius 3 is 1.79 bits per heavy atom. The molecule has 0 fully saturated rings. The summed E-state index contributed by atoms with van der Waals surface area (Å²) in [7, 11) is 0. The Bertz CT molecular complexity index is 3280. The maximum absolute atomic E-state index is 2.56. The molecule has 0 unspecified atom stereocenters. The van der Waals surface area contributed by atoms with Gasteiger partial charge in [0.25, 0.3) is 0 Å². The fourth-order valence-electron chi connectivity index (χ4n) is 10.4. The van der Waals surface area contributed by atoms with Crippen molar-refractivity contribution in [2.24, 2.45) is 0 Å². The van der Waals surface area contributed by atoms with Crippen LogP contribution < -0.4 is 0 Å². The molecule has 274 valence electrons. The summed E-state index contributed by atoms with van der Waals surface area (Å²) < 4.78 is 2.56. The fourth-order valence-corrected chi connectivity index (χ4v) is 10.4. The first kappa shape index (κ1) is 33.2. The maximum atomic E-state index is 2.56. The highest BCUT2D eigenvalue weighted by Gasteiger charge is 2.37. The summed E-state index contributed by atoms with van der Waals surface area (Å²) in [5.41, 5.74) is 19.2. The Morgan fingerprint density at radius 2 is 1.05 bits per heavy atom. The smallest absolute Gasteiger partial charge is 0.0546 e. The standard InChI is InChI=1S/C57H41N/c1-57(2)51-33-38(41-31-39(36-16-5-3-6-17-36)30-40(32-41)37-18-7-4-8-19-37)28-29-45(51)49-34-50-46-23-13-14-26-53(46)58(55(50)35-52(49)57)54-27-15-25-48-44-21-10-9-20-42(44)43-22-11-12-24-47(43)56(48)54/h3-10,12-21,23-35H,11,22H2,1-2H3. The predicted molar refractivity (Wildman–Crippen MR) is 247 cm³/mol. The summed E-state index contributed by atoms with van der Waals surface area (Å²) in [5.74, 6) is 0. The molecule has 0 aliphatic heterocycles. The molecular weight excluding hydrogens is 699 g/mol. The van der Waals surface area contributed by atoms with Crippen LogP contribution in [0, 0.1) is 0 Å². The van der Waals surface area contributed by atoms with Crippen LogP contribution in [0.15, 0.2) is 182 Å². The lowest BCUT2D eigenvalue weighted by atomic mass is 9.81. The van der Waals surface area contributed by atoms with Crippen LogP contribution in [0.2, 0.25) is 0 Å². The van der Waals surface area contributed by atoms with Gasteiger partial charge in [0.1, 0.15) is 0 Å². The molecule has 0 radical (unpaired) electrons. The first-order valence-electron chi connectivity index (χ1n) is 20.6. The van der Waals surface area contributed by atoms with Crippen molar-refractivity contribution in [3.63, 3.8) is 0 Å². The molecule has 0 amide bonds. The summed E-state index contributed by atoms with van der Waals surface area (Å²) in [5, 5.41) is 7.97. The molecule has 2 aliphatic rings. The largest absolute Gasteiger partial charge is 0.309 e. The third-order valence-corrected chi connectivity index (χ3v) is 13.2. The molecule has 0 saturated carbocycles. The van der Waals surface area contributed by atoms with E-state index < -0.39 is 0 Å². The average Bonchev–Trinajstić information content (AvgIpc) is 3.73. The van der Waals surface area contributed by atoms with E-state index >= 15 is 0 Å². The van der Waals surface area contributed by atoms with E-state index in [0.717, 1.165) is 12.8 Å². The molecule has 12 rings (SSSR count). The second-order valence-corrected chi connectivity index (χ2v) is 16.8. The number of benzene rings is 9. The van der Waals surface area contributed by atoms with E-state index in [9.17, 15) is 0 Å². The monoisotopic (exact) mass is 739 g/mol. The zero-order valence-electron chi connectivity index (χ0n) is 32.8. The van der Waals surface area contributed by atoms with Crippen molar-refractivity contribution >= 4 is 49.4 Å². The molecule has 58 heavy (non-hydrogen) atoms. The van der Waals surface area contributed by atoms with Gasteiger partial charge in [0.05, 0.1) is 16.7 Å². The quantitative estimate of drug-likeness (QED) is 0.158. The number of aryl methyl sites for hydroxylation is 1. The van der Waals surface area contributed by atoms with Crippen LogP contribution in [0.3, 0.4) is 0 Å². The van der Waals surface area contributed by atoms with E-state index in [2.05, 4.69) is 206 Å². The number of allylic oxidation sites excluding steroid dienone is 1. The molecule has 10 aromatic rings. The van der Waals surface area contributed by atoms with Crippen molar-refractivity contribution < 1.29 is 0 Å². The van der Waals surface area contributed by atoms with Crippen LogP contribution in [0.4, 0.5) is 0 Å². The van der Waals surface area contributed by atoms with Crippen LogP contribution in [-0.4, -0.2) is 4.57 Å². The third kappa shape index (κ3) is 4.83. The molecule has 1 heterocycles. The van der Waals surface area contributed by atoms with Crippen LogP contribution in [0.5, 0.6) is 0 Å². The Balaban J connectivity index is 1.07. The molecule has 0 N–H and O–H groups in total. The van der Waals surface area contributed by atoms with E-state index in [-0.39, 0.29) is 5.41 Å². The van der Waals surface area contributed by atoms with Crippen molar-refractivity contribution in [3.05, 3.63) is 204 Å². The highest BCUT2D eigenvalue weighted by Crippen LogP contribution is 2.52. The first-order chi connectivity index (χ1) is 28.5. The van der Waals surface area contributed by atoms with Gasteiger partial charge in [-0.2, -0.15) is 0 Å². The van der Waals surface area contributed by atoms with Gasteiger partial charge in [-0.15, -0.1) is 0 Å². The Hall–Kier alpha value is -6.96. The summed E-state index contributed by atoms with van der Waals surface area (Å²) in [4.78, 5) is 0. The Labute approximate surface area is 339 Å². The van der Waals surface area contributed by atoms with Crippen molar-refractivity contribution in [3.8, 4) is 50.2 Å². The topological polar surface area (TPSA) is 4.93 Å². The molecule has 9 aromatic carbocycles. The summed E-state index contributed by atoms with van der Waals surface area (Å²) in [6.07, 6.45) is 6.89. The van der Waals surface area contributed by atoms with Gasteiger partial charge in [-0.25, -0.2) is 0 Å². The van der Waals surface area contributed by atoms with Gasteiger partial charge >= 0.3 is 0 Å². The van der Waals surface area contributed by atoms with Crippen LogP contribution in [0.25, 0.3) is 99.6 Å². The molecule has 0 spiro atoms. The lowest BCUT2D eigenvalue weighted by Crippen LogP contribution is -2.15. The minimum absolute atomic E-state index is 0.202. The Morgan fingerprint density at radius 1 is 0.431 bits per heavy atom. The number of para-hydroxylation sites is 1. The van der Waals surface area contributed by atoms with Gasteiger partial charge in [0.15, 0.2) is 0 Å². The van der Waals surface area contributed by atoms with Gasteiger partial charge in [0, 0.05) is 21.6 Å². The number of rotatable bonds is 4. The summed E-state index contributed by atoms with van der Waals surface area (Å²) in [6, 6.07) is 65.8. The lowest BCUT2D eigenvalue weighted by molar-refractivity contribution is 0.661. The molecule has 0 saturated heterocycles. The van der Waals surface area contributed by atoms with Crippen LogP contribution >= 0.6 is 0 Å². The van der Waals surface area contributed by atoms with Gasteiger partial charge in [-0.05, 0) is 144 Å². The summed E-state index contributed by atoms with van der Waals surface area (Å²) in [6.45, 7) is 4.84. The lowest BCUT2D eigenvalue weighted by Gasteiger charge is -2.23. The zero-order chi connectivity index (χ0) is 38.5. The van der Waals surface area contributed by atoms with Gasteiger partial charge < -0.3 is 4.57 Å². The number of hydrogen-bond acceptors (Lipinski definition) is 0. The summed E-state index contributed by atoms with van der Waals surface area (Å²) >= 11 is 0. The van der Waals surface area contributed by atoms with E-state index in [1.165, 1.54) is 116 Å². The third-order valence-electron chi connectivity index (χ3n) is 13.2. The average molecular weight is 740 g/mol. The van der Waals surface area contributed by atoms with E-state index in [0.29, 0.717) is 0 Å². The van der Waals surface area contributed by atoms with Gasteiger partial charge in [-0.3, -0.25) is 0 Å². The molecule has 2 aliphatic carbocycles. The number of hydrogen-bond donors (Lipinski definition) is 0. The molecule has 1 nitrogen and oxygen atoms in total. The first-order valence-corrected chi connectivity index (χ1v) is 20.6. The molecule has 0 bridgehead atoms. The highest BCUT2D eigenvalue weighted by molar-refractivity contribution is 6.18. The van der Waals surface area contributed by atoms with Crippen LogP contribution in [-0.2, 0) is 11.8 Å². The number of nitrogens with zero attached hydrogens (tertiary/aromatic N) is 1. The van der Waals surface area contributed by atoms with Crippen molar-refractivity contribution in [2.45, 2.75) is 32.1 Å². The van der Waals surface area contributed by atoms with Crippen LogP contribution in [0.1, 0.15) is 42.5 Å². The molecule has 0 atom stereocenters. The van der Waals surface area contributed by atoms with E-state index in [1.807, 2.05) is 0 Å². The van der Waals surface area contributed by atoms with E-state index in [4.69, 9.17) is 0 Å². The minimum Gasteiger partial charge on any atom is -0.309 e. The number of aromatic nitrogens is 1. The Kier molecular flexibility index (Phi) is 7.17. The normalized spacial score (nSPS) is 14.0. The van der Waals surface area contributed by atoms with Crippen molar-refractivity contribution in [1.29, 1.82) is 0 Å². The fraction of sp³-hybridized carbons (Fsp3) is 0.0877. The molecule has 1 heteroatoms. The number of fused-ring (bicyclic) bond motifs is 12. The molecule has 1 aromatic heterocycles. The predicted octanol–water partition coefficient (Wildman–Crippen LogP) is 15.4. The molecular formula is C57H41N. The maximum Gasteiger partial charge on any atom is 0.0546 e. The van der Waals surface area contributed by atoms with Gasteiger partial charge in [-0.1, -0.05) is 153 Å². The highest BCUT2D eigenvalue weighted by atomic mass is 15.0. The minimum atomic E-state index is -0.202. The SMILES string of the molecule is CC1(C)c2cc(-c3cc(-c4ccccc4)cc(-c4ccccc4)c3)ccc2-c2cc3c4ccccc4n(-c4cccc5c4c4c(c6ccccc65)CCC=C4)c3cc21. The van der Waals surface area contributed by atoms with Crippen molar-refractivity contribution in [2.75, 3.05) is 0 Å². The van der Waals surface area contributed by atoms with Crippen molar-refractivity contribution in [1.82, 2.24) is 4.57 Å². The zero-order valence-corrected chi connectivity index (χ0v) is 32.8.